The van der Waals surface area contributed by atoms with Crippen LogP contribution < -0.4 is 10.9 Å². The van der Waals surface area contributed by atoms with Crippen molar-refractivity contribution in [1.82, 2.24) is 19.5 Å². The molecule has 0 radical (unpaired) electrons. The summed E-state index contributed by atoms with van der Waals surface area (Å²) in [5.41, 5.74) is 0.576. The predicted molar refractivity (Wildman–Crippen MR) is 54.7 cm³/mol. The number of aliphatic hydroxyl groups is 1. The summed E-state index contributed by atoms with van der Waals surface area (Å²) in [7, 11) is 1.71. The SMILES string of the molecule is Cn1c(NCCO)nc2nc[nH]c(=O)c21. The molecule has 0 fully saturated rings. The van der Waals surface area contributed by atoms with Gasteiger partial charge in [0.1, 0.15) is 0 Å². The third-order valence-electron chi connectivity index (χ3n) is 2.07. The average Bonchev–Trinajstić information content (AvgIpc) is 2.54. The van der Waals surface area contributed by atoms with Crippen LogP contribution >= 0.6 is 0 Å². The summed E-state index contributed by atoms with van der Waals surface area (Å²) in [5, 5.41) is 11.6. The molecule has 2 heterocycles. The Kier molecular flexibility index (Phi) is 2.38. The highest BCUT2D eigenvalue weighted by molar-refractivity contribution is 5.73. The summed E-state index contributed by atoms with van der Waals surface area (Å²) in [6.45, 7) is 0.391. The number of imidazole rings is 1. The van der Waals surface area contributed by atoms with Gasteiger partial charge in [-0.15, -0.1) is 0 Å². The van der Waals surface area contributed by atoms with E-state index in [4.69, 9.17) is 5.11 Å². The second kappa shape index (κ2) is 3.70. The van der Waals surface area contributed by atoms with E-state index >= 15 is 0 Å². The molecular formula is C8H11N5O2. The van der Waals surface area contributed by atoms with Crippen molar-refractivity contribution < 1.29 is 5.11 Å². The molecule has 3 N–H and O–H groups in total. The fourth-order valence-corrected chi connectivity index (χ4v) is 1.37. The van der Waals surface area contributed by atoms with Crippen molar-refractivity contribution >= 4 is 17.1 Å². The van der Waals surface area contributed by atoms with Crippen LogP contribution in [0.4, 0.5) is 5.95 Å². The molecule has 2 aromatic heterocycles. The molecule has 0 unspecified atom stereocenters. The number of anilines is 1. The first-order chi connectivity index (χ1) is 7.24. The van der Waals surface area contributed by atoms with Gasteiger partial charge in [0.2, 0.25) is 5.95 Å². The number of rotatable bonds is 3. The highest BCUT2D eigenvalue weighted by atomic mass is 16.3. The van der Waals surface area contributed by atoms with Gasteiger partial charge in [0, 0.05) is 13.6 Å². The van der Waals surface area contributed by atoms with Crippen LogP contribution in [0.1, 0.15) is 0 Å². The highest BCUT2D eigenvalue weighted by Crippen LogP contribution is 2.10. The lowest BCUT2D eigenvalue weighted by molar-refractivity contribution is 0.310. The third-order valence-corrected chi connectivity index (χ3v) is 2.07. The Balaban J connectivity index is 2.55. The summed E-state index contributed by atoms with van der Waals surface area (Å²) in [6, 6.07) is 0. The van der Waals surface area contributed by atoms with Gasteiger partial charge < -0.3 is 20.0 Å². The molecule has 0 saturated heterocycles. The standard InChI is InChI=1S/C8H11N5O2/c1-13-5-6(10-4-11-7(5)15)12-8(13)9-2-3-14/h4,14H,2-3H2,1H3,(H2,9,10,11,12,15). The molecule has 0 spiro atoms. The summed E-state index contributed by atoms with van der Waals surface area (Å²) in [5.74, 6) is 0.517. The predicted octanol–water partition coefficient (Wildman–Crippen LogP) is -0.939. The molecule has 0 bridgehead atoms. The molecule has 0 atom stereocenters. The van der Waals surface area contributed by atoms with E-state index in [1.807, 2.05) is 0 Å². The molecule has 80 valence electrons. The van der Waals surface area contributed by atoms with E-state index in [1.165, 1.54) is 6.33 Å². The minimum atomic E-state index is -0.230. The average molecular weight is 209 g/mol. The molecule has 7 heteroatoms. The van der Waals surface area contributed by atoms with E-state index in [2.05, 4.69) is 20.3 Å². The molecule has 2 aromatic rings. The van der Waals surface area contributed by atoms with Crippen molar-refractivity contribution in [2.75, 3.05) is 18.5 Å². The first-order valence-electron chi connectivity index (χ1n) is 4.49. The summed E-state index contributed by atoms with van der Waals surface area (Å²) >= 11 is 0. The Hall–Kier alpha value is -1.89. The maximum Gasteiger partial charge on any atom is 0.277 e. The lowest BCUT2D eigenvalue weighted by Crippen LogP contribution is -2.12. The number of fused-ring (bicyclic) bond motifs is 1. The summed E-state index contributed by atoms with van der Waals surface area (Å²) < 4.78 is 1.61. The van der Waals surface area contributed by atoms with Gasteiger partial charge >= 0.3 is 0 Å². The maximum absolute atomic E-state index is 11.5. The van der Waals surface area contributed by atoms with Crippen molar-refractivity contribution in [2.45, 2.75) is 0 Å². The van der Waals surface area contributed by atoms with Gasteiger partial charge in [0.25, 0.3) is 5.56 Å². The number of nitrogens with zero attached hydrogens (tertiary/aromatic N) is 3. The van der Waals surface area contributed by atoms with Crippen molar-refractivity contribution in [3.05, 3.63) is 16.7 Å². The second-order valence-corrected chi connectivity index (χ2v) is 3.05. The molecule has 0 amide bonds. The summed E-state index contributed by atoms with van der Waals surface area (Å²) in [4.78, 5) is 22.0. The van der Waals surface area contributed by atoms with E-state index in [-0.39, 0.29) is 12.2 Å². The van der Waals surface area contributed by atoms with E-state index in [0.29, 0.717) is 23.7 Å². The lowest BCUT2D eigenvalue weighted by atomic mass is 10.5. The second-order valence-electron chi connectivity index (χ2n) is 3.05. The monoisotopic (exact) mass is 209 g/mol. The molecule has 7 nitrogen and oxygen atoms in total. The van der Waals surface area contributed by atoms with Crippen LogP contribution in [0.2, 0.25) is 0 Å². The molecular weight excluding hydrogens is 198 g/mol. The Morgan fingerprint density at radius 1 is 1.67 bits per heavy atom. The van der Waals surface area contributed by atoms with Crippen LogP contribution in [-0.4, -0.2) is 37.8 Å². The zero-order valence-corrected chi connectivity index (χ0v) is 8.19. The minimum Gasteiger partial charge on any atom is -0.395 e. The Morgan fingerprint density at radius 3 is 3.13 bits per heavy atom. The molecule has 0 aliphatic rings. The zero-order valence-electron chi connectivity index (χ0n) is 8.19. The molecule has 0 aliphatic heterocycles. The van der Waals surface area contributed by atoms with Gasteiger partial charge in [-0.3, -0.25) is 4.79 Å². The Bertz CT molecular complexity index is 529. The van der Waals surface area contributed by atoms with Gasteiger partial charge in [-0.2, -0.15) is 4.98 Å². The number of aryl methyl sites for hydroxylation is 1. The lowest BCUT2D eigenvalue weighted by Gasteiger charge is -2.02. The number of aromatic nitrogens is 4. The van der Waals surface area contributed by atoms with Crippen LogP contribution in [0.5, 0.6) is 0 Å². The smallest absolute Gasteiger partial charge is 0.277 e. The first kappa shape index (κ1) is 9.66. The van der Waals surface area contributed by atoms with Crippen LogP contribution in [-0.2, 0) is 7.05 Å². The number of H-pyrrole nitrogens is 1. The van der Waals surface area contributed by atoms with E-state index < -0.39 is 0 Å². The fourth-order valence-electron chi connectivity index (χ4n) is 1.37. The normalized spacial score (nSPS) is 10.8. The van der Waals surface area contributed by atoms with Crippen molar-refractivity contribution in [3.8, 4) is 0 Å². The largest absolute Gasteiger partial charge is 0.395 e. The fraction of sp³-hybridized carbons (Fsp3) is 0.375. The van der Waals surface area contributed by atoms with Crippen LogP contribution in [0.3, 0.4) is 0 Å². The van der Waals surface area contributed by atoms with Crippen LogP contribution in [0.15, 0.2) is 11.1 Å². The van der Waals surface area contributed by atoms with Gasteiger partial charge in [-0.05, 0) is 0 Å². The van der Waals surface area contributed by atoms with E-state index in [1.54, 1.807) is 11.6 Å². The van der Waals surface area contributed by atoms with Crippen molar-refractivity contribution in [1.29, 1.82) is 0 Å². The van der Waals surface area contributed by atoms with Crippen LogP contribution in [0.25, 0.3) is 11.2 Å². The number of aliphatic hydroxyl groups excluding tert-OH is 1. The Labute approximate surface area is 84.8 Å². The van der Waals surface area contributed by atoms with Gasteiger partial charge in [0.05, 0.1) is 12.9 Å². The Morgan fingerprint density at radius 2 is 2.47 bits per heavy atom. The number of hydrogen-bond donors (Lipinski definition) is 3. The molecule has 15 heavy (non-hydrogen) atoms. The maximum atomic E-state index is 11.5. The minimum absolute atomic E-state index is 0.00694. The van der Waals surface area contributed by atoms with E-state index in [9.17, 15) is 4.79 Å². The van der Waals surface area contributed by atoms with E-state index in [0.717, 1.165) is 0 Å². The number of aromatic amines is 1. The molecule has 2 rings (SSSR count). The number of nitrogens with one attached hydrogen (secondary N) is 2. The quantitative estimate of drug-likeness (QED) is 0.606. The first-order valence-corrected chi connectivity index (χ1v) is 4.49. The molecule has 0 aliphatic carbocycles. The highest BCUT2D eigenvalue weighted by Gasteiger charge is 2.10. The van der Waals surface area contributed by atoms with Gasteiger partial charge in [-0.1, -0.05) is 0 Å². The molecule has 0 saturated carbocycles. The topological polar surface area (TPSA) is 95.8 Å². The van der Waals surface area contributed by atoms with Gasteiger partial charge in [-0.25, -0.2) is 4.98 Å². The molecule has 0 aromatic carbocycles. The zero-order chi connectivity index (χ0) is 10.8. The number of hydrogen-bond acceptors (Lipinski definition) is 5. The summed E-state index contributed by atoms with van der Waals surface area (Å²) in [6.07, 6.45) is 1.31. The van der Waals surface area contributed by atoms with Crippen molar-refractivity contribution in [2.24, 2.45) is 7.05 Å². The van der Waals surface area contributed by atoms with Gasteiger partial charge in [0.15, 0.2) is 11.2 Å². The third kappa shape index (κ3) is 1.57. The van der Waals surface area contributed by atoms with Crippen molar-refractivity contribution in [3.63, 3.8) is 0 Å². The van der Waals surface area contributed by atoms with Crippen LogP contribution in [0, 0.1) is 0 Å².